The molecule has 2 aliphatic rings. The molecule has 0 spiro atoms. The van der Waals surface area contributed by atoms with Crippen molar-refractivity contribution in [2.24, 2.45) is 0 Å². The lowest BCUT2D eigenvalue weighted by Crippen LogP contribution is -2.48. The number of carbonyl (C=O) groups is 1. The van der Waals surface area contributed by atoms with Crippen LogP contribution >= 0.6 is 0 Å². The predicted molar refractivity (Wildman–Crippen MR) is 104 cm³/mol. The zero-order valence-electron chi connectivity index (χ0n) is 16.3. The summed E-state index contributed by atoms with van der Waals surface area (Å²) in [7, 11) is 0. The normalized spacial score (nSPS) is 18.7. The van der Waals surface area contributed by atoms with E-state index >= 15 is 0 Å². The van der Waals surface area contributed by atoms with Crippen molar-refractivity contribution in [3.8, 4) is 0 Å². The van der Waals surface area contributed by atoms with E-state index in [0.29, 0.717) is 6.04 Å². The highest BCUT2D eigenvalue weighted by molar-refractivity contribution is 5.85. The minimum absolute atomic E-state index is 0.170. The molecule has 0 N–H and O–H groups in total. The lowest BCUT2D eigenvalue weighted by atomic mass is 10.1. The van der Waals surface area contributed by atoms with Gasteiger partial charge in [-0.25, -0.2) is 4.98 Å². The number of hydrogen-bond donors (Lipinski definition) is 0. The smallest absolute Gasteiger partial charge is 0.219 e. The van der Waals surface area contributed by atoms with Crippen LogP contribution in [0.5, 0.6) is 0 Å². The molecule has 6 heteroatoms. The number of amides is 1. The van der Waals surface area contributed by atoms with E-state index in [1.807, 2.05) is 11.1 Å². The monoisotopic (exact) mass is 355 g/mol. The molecule has 0 bridgehead atoms. The number of rotatable bonds is 2. The molecule has 1 fully saturated rings. The number of nitrogens with zero attached hydrogens (tertiary/aromatic N) is 5. The van der Waals surface area contributed by atoms with Gasteiger partial charge in [-0.2, -0.15) is 0 Å². The zero-order valence-corrected chi connectivity index (χ0v) is 16.3. The van der Waals surface area contributed by atoms with Crippen LogP contribution in [-0.2, 0) is 17.9 Å². The van der Waals surface area contributed by atoms with Gasteiger partial charge in [-0.1, -0.05) is 0 Å². The highest BCUT2D eigenvalue weighted by atomic mass is 16.2. The summed E-state index contributed by atoms with van der Waals surface area (Å²) in [6.07, 6.45) is 2.01. The van der Waals surface area contributed by atoms with Crippen molar-refractivity contribution >= 4 is 22.6 Å². The number of anilines is 1. The second-order valence-electron chi connectivity index (χ2n) is 7.85. The maximum atomic E-state index is 11.5. The fourth-order valence-electron chi connectivity index (χ4n) is 4.26. The summed E-state index contributed by atoms with van der Waals surface area (Å²) in [5, 5.41) is 1.28. The quantitative estimate of drug-likeness (QED) is 0.829. The lowest BCUT2D eigenvalue weighted by molar-refractivity contribution is -0.129. The fraction of sp³-hybridized carbons (Fsp3) is 0.600. The first-order chi connectivity index (χ1) is 12.5. The Morgan fingerprint density at radius 3 is 2.50 bits per heavy atom. The average molecular weight is 355 g/mol. The van der Waals surface area contributed by atoms with Crippen LogP contribution in [0.15, 0.2) is 12.3 Å². The summed E-state index contributed by atoms with van der Waals surface area (Å²) in [6, 6.07) is 2.87. The van der Waals surface area contributed by atoms with E-state index in [1.54, 1.807) is 6.92 Å². The van der Waals surface area contributed by atoms with Gasteiger partial charge in [0.25, 0.3) is 0 Å². The standard InChI is InChI=1S/C20H29N5O/c1-14(2)24-9-10-25-19(13-24)15(3)18-11-17(12-21-20(18)25)23-7-5-22(6-8-23)16(4)26/h11-12,14H,5-10,13H2,1-4H3. The van der Waals surface area contributed by atoms with Gasteiger partial charge in [-0.15, -0.1) is 0 Å². The van der Waals surface area contributed by atoms with Crippen LogP contribution in [0.3, 0.4) is 0 Å². The minimum atomic E-state index is 0.170. The summed E-state index contributed by atoms with van der Waals surface area (Å²) in [6.45, 7) is 14.9. The van der Waals surface area contributed by atoms with E-state index in [4.69, 9.17) is 4.98 Å². The van der Waals surface area contributed by atoms with Gasteiger partial charge in [0.05, 0.1) is 11.9 Å². The number of pyridine rings is 1. The summed E-state index contributed by atoms with van der Waals surface area (Å²) < 4.78 is 2.40. The number of fused-ring (bicyclic) bond motifs is 3. The van der Waals surface area contributed by atoms with E-state index in [0.717, 1.165) is 51.5 Å². The number of aromatic nitrogens is 2. The van der Waals surface area contributed by atoms with Crippen molar-refractivity contribution < 1.29 is 4.79 Å². The van der Waals surface area contributed by atoms with Gasteiger partial charge >= 0.3 is 0 Å². The Labute approximate surface area is 155 Å². The molecule has 1 amide bonds. The molecule has 0 saturated carbocycles. The van der Waals surface area contributed by atoms with Crippen LogP contribution < -0.4 is 4.90 Å². The Kier molecular flexibility index (Phi) is 4.39. The van der Waals surface area contributed by atoms with Gasteiger partial charge in [-0.3, -0.25) is 9.69 Å². The third kappa shape index (κ3) is 2.86. The predicted octanol–water partition coefficient (Wildman–Crippen LogP) is 2.24. The van der Waals surface area contributed by atoms with Crippen molar-refractivity contribution in [2.75, 3.05) is 37.6 Å². The zero-order chi connectivity index (χ0) is 18.4. The first kappa shape index (κ1) is 17.3. The Morgan fingerprint density at radius 2 is 1.85 bits per heavy atom. The number of hydrogen-bond acceptors (Lipinski definition) is 4. The van der Waals surface area contributed by atoms with Crippen LogP contribution in [0, 0.1) is 6.92 Å². The molecule has 2 aromatic rings. The molecule has 1 saturated heterocycles. The maximum Gasteiger partial charge on any atom is 0.219 e. The van der Waals surface area contributed by atoms with Gasteiger partial charge in [-0.05, 0) is 32.4 Å². The van der Waals surface area contributed by atoms with Gasteiger partial charge in [0.2, 0.25) is 5.91 Å². The highest BCUT2D eigenvalue weighted by Crippen LogP contribution is 2.31. The van der Waals surface area contributed by atoms with Gasteiger partial charge in [0, 0.05) is 69.9 Å². The average Bonchev–Trinajstić information content (AvgIpc) is 2.93. The molecule has 0 unspecified atom stereocenters. The third-order valence-corrected chi connectivity index (χ3v) is 6.05. The Balaban J connectivity index is 1.63. The van der Waals surface area contributed by atoms with Gasteiger partial charge < -0.3 is 14.4 Å². The van der Waals surface area contributed by atoms with Crippen molar-refractivity contribution in [3.63, 3.8) is 0 Å². The van der Waals surface area contributed by atoms with Crippen LogP contribution in [0.25, 0.3) is 11.0 Å². The molecule has 26 heavy (non-hydrogen) atoms. The van der Waals surface area contributed by atoms with Crippen molar-refractivity contribution in [2.45, 2.75) is 46.8 Å². The largest absolute Gasteiger partial charge is 0.367 e. The summed E-state index contributed by atoms with van der Waals surface area (Å²) in [4.78, 5) is 23.2. The molecule has 0 aromatic carbocycles. The molecular weight excluding hydrogens is 326 g/mol. The van der Waals surface area contributed by atoms with E-state index in [2.05, 4.69) is 41.2 Å². The first-order valence-electron chi connectivity index (χ1n) is 9.68. The second-order valence-corrected chi connectivity index (χ2v) is 7.85. The maximum absolute atomic E-state index is 11.5. The molecule has 4 rings (SSSR count). The van der Waals surface area contributed by atoms with E-state index in [9.17, 15) is 4.79 Å². The van der Waals surface area contributed by atoms with Crippen LogP contribution in [0.2, 0.25) is 0 Å². The molecule has 0 radical (unpaired) electrons. The molecule has 6 nitrogen and oxygen atoms in total. The second kappa shape index (κ2) is 6.58. The molecule has 0 atom stereocenters. The molecule has 4 heterocycles. The van der Waals surface area contributed by atoms with Crippen molar-refractivity contribution in [1.82, 2.24) is 19.4 Å². The summed E-state index contributed by atoms with van der Waals surface area (Å²) in [5.74, 6) is 0.170. The number of carbonyl (C=O) groups excluding carboxylic acids is 1. The van der Waals surface area contributed by atoms with Gasteiger partial charge in [0.15, 0.2) is 0 Å². The molecular formula is C20H29N5O. The molecule has 2 aliphatic heterocycles. The van der Waals surface area contributed by atoms with Crippen molar-refractivity contribution in [1.29, 1.82) is 0 Å². The molecule has 0 aliphatic carbocycles. The van der Waals surface area contributed by atoms with Crippen LogP contribution in [0.4, 0.5) is 5.69 Å². The SMILES string of the molecule is CC(=O)N1CCN(c2cnc3c(c2)c(C)c2n3CCN(C(C)C)C2)CC1. The van der Waals surface area contributed by atoms with E-state index in [1.165, 1.54) is 22.3 Å². The Morgan fingerprint density at radius 1 is 1.12 bits per heavy atom. The lowest BCUT2D eigenvalue weighted by Gasteiger charge is -2.35. The van der Waals surface area contributed by atoms with Crippen molar-refractivity contribution in [3.05, 3.63) is 23.5 Å². The van der Waals surface area contributed by atoms with Crippen LogP contribution in [0.1, 0.15) is 32.0 Å². The summed E-state index contributed by atoms with van der Waals surface area (Å²) >= 11 is 0. The summed E-state index contributed by atoms with van der Waals surface area (Å²) in [5.41, 5.74) is 5.06. The molecule has 2 aromatic heterocycles. The fourth-order valence-corrected chi connectivity index (χ4v) is 4.26. The number of piperazine rings is 1. The van der Waals surface area contributed by atoms with Crippen LogP contribution in [-0.4, -0.2) is 64.0 Å². The third-order valence-electron chi connectivity index (χ3n) is 6.05. The number of aryl methyl sites for hydroxylation is 1. The highest BCUT2D eigenvalue weighted by Gasteiger charge is 2.25. The van der Waals surface area contributed by atoms with E-state index in [-0.39, 0.29) is 5.91 Å². The van der Waals surface area contributed by atoms with E-state index < -0.39 is 0 Å². The van der Waals surface area contributed by atoms with Gasteiger partial charge in [0.1, 0.15) is 5.65 Å². The Bertz CT molecular complexity index is 832. The topological polar surface area (TPSA) is 44.6 Å². The molecule has 140 valence electrons. The minimum Gasteiger partial charge on any atom is -0.367 e. The first-order valence-corrected chi connectivity index (χ1v) is 9.68. The Hall–Kier alpha value is -2.08.